The summed E-state index contributed by atoms with van der Waals surface area (Å²) in [4.78, 5) is 29.0. The number of likely N-dealkylation sites (tertiary alicyclic amines) is 1. The number of benzene rings is 1. The van der Waals surface area contributed by atoms with Gasteiger partial charge in [-0.1, -0.05) is 68.4 Å². The minimum atomic E-state index is -0.691. The zero-order valence-electron chi connectivity index (χ0n) is 20.4. The first-order valence-electron chi connectivity index (χ1n) is 11.7. The van der Waals surface area contributed by atoms with Crippen LogP contribution in [-0.2, 0) is 16.1 Å². The molecule has 2 aliphatic rings. The third-order valence-electron chi connectivity index (χ3n) is 6.30. The molecule has 1 aromatic carbocycles. The first-order valence-corrected chi connectivity index (χ1v) is 12.5. The summed E-state index contributed by atoms with van der Waals surface area (Å²) >= 11 is 1.76. The van der Waals surface area contributed by atoms with Crippen LogP contribution in [0.1, 0.15) is 58.1 Å². The SMILES string of the molecule is CN[C@H](C(=O)N1C[C@@H](O)C[C@@H]1C(=O)NCc1ccc(C2=C(C)CCC=CS2)cc1)C(C)(C)C. The molecule has 0 bridgehead atoms. The molecular weight excluding hydrogens is 434 g/mol. The number of hydrogen-bond donors (Lipinski definition) is 3. The van der Waals surface area contributed by atoms with Gasteiger partial charge >= 0.3 is 0 Å². The molecule has 3 rings (SSSR count). The zero-order valence-corrected chi connectivity index (χ0v) is 21.2. The Morgan fingerprint density at radius 3 is 2.58 bits per heavy atom. The molecular formula is C26H37N3O3S. The average molecular weight is 472 g/mol. The highest BCUT2D eigenvalue weighted by atomic mass is 32.2. The number of hydrogen-bond acceptors (Lipinski definition) is 5. The summed E-state index contributed by atoms with van der Waals surface area (Å²) in [5, 5.41) is 18.4. The Balaban J connectivity index is 1.64. The molecule has 33 heavy (non-hydrogen) atoms. The number of amides is 2. The Bertz CT molecular complexity index is 918. The molecule has 3 atom stereocenters. The monoisotopic (exact) mass is 471 g/mol. The lowest BCUT2D eigenvalue weighted by Crippen LogP contribution is -2.55. The molecule has 1 aromatic rings. The highest BCUT2D eigenvalue weighted by Gasteiger charge is 2.43. The maximum absolute atomic E-state index is 13.2. The van der Waals surface area contributed by atoms with Crippen LogP contribution in [0.4, 0.5) is 0 Å². The van der Waals surface area contributed by atoms with Crippen LogP contribution in [0, 0.1) is 5.41 Å². The number of carbonyl (C=O) groups excluding carboxylic acids is 2. The van der Waals surface area contributed by atoms with E-state index in [1.165, 1.54) is 20.9 Å². The molecule has 0 radical (unpaired) electrons. The van der Waals surface area contributed by atoms with E-state index >= 15 is 0 Å². The molecule has 0 spiro atoms. The number of allylic oxidation sites excluding steroid dienone is 2. The van der Waals surface area contributed by atoms with E-state index in [4.69, 9.17) is 0 Å². The van der Waals surface area contributed by atoms with Crippen LogP contribution in [-0.4, -0.2) is 53.6 Å². The fraction of sp³-hybridized carbons (Fsp3) is 0.538. The molecule has 1 saturated heterocycles. The van der Waals surface area contributed by atoms with Gasteiger partial charge in [0.05, 0.1) is 12.1 Å². The van der Waals surface area contributed by atoms with Crippen molar-refractivity contribution in [2.24, 2.45) is 5.41 Å². The van der Waals surface area contributed by atoms with Crippen LogP contribution in [0.5, 0.6) is 0 Å². The second-order valence-electron chi connectivity index (χ2n) is 10.0. The quantitative estimate of drug-likeness (QED) is 0.590. The van der Waals surface area contributed by atoms with Crippen molar-refractivity contribution in [3.63, 3.8) is 0 Å². The van der Waals surface area contributed by atoms with Gasteiger partial charge in [-0.05, 0) is 48.8 Å². The van der Waals surface area contributed by atoms with Gasteiger partial charge in [-0.2, -0.15) is 0 Å². The Labute approximate surface area is 201 Å². The van der Waals surface area contributed by atoms with Gasteiger partial charge in [0.15, 0.2) is 0 Å². The van der Waals surface area contributed by atoms with Crippen LogP contribution in [0.15, 0.2) is 41.3 Å². The summed E-state index contributed by atoms with van der Waals surface area (Å²) in [7, 11) is 1.75. The van der Waals surface area contributed by atoms with Crippen molar-refractivity contribution in [3.05, 3.63) is 52.4 Å². The van der Waals surface area contributed by atoms with Crippen molar-refractivity contribution >= 4 is 28.5 Å². The van der Waals surface area contributed by atoms with Gasteiger partial charge in [-0.15, -0.1) is 0 Å². The third-order valence-corrected chi connectivity index (χ3v) is 7.45. The van der Waals surface area contributed by atoms with E-state index in [2.05, 4.69) is 41.2 Å². The largest absolute Gasteiger partial charge is 0.391 e. The number of aliphatic hydroxyl groups is 1. The topological polar surface area (TPSA) is 81.7 Å². The number of rotatable bonds is 6. The molecule has 6 nitrogen and oxygen atoms in total. The highest BCUT2D eigenvalue weighted by Crippen LogP contribution is 2.35. The maximum Gasteiger partial charge on any atom is 0.243 e. The van der Waals surface area contributed by atoms with Gasteiger partial charge in [0.2, 0.25) is 11.8 Å². The lowest BCUT2D eigenvalue weighted by atomic mass is 9.86. The molecule has 0 aliphatic carbocycles. The second kappa shape index (κ2) is 10.9. The molecule has 3 N–H and O–H groups in total. The van der Waals surface area contributed by atoms with Gasteiger partial charge < -0.3 is 20.6 Å². The zero-order chi connectivity index (χ0) is 24.2. The Morgan fingerprint density at radius 1 is 1.24 bits per heavy atom. The third kappa shape index (κ3) is 6.28. The van der Waals surface area contributed by atoms with Crippen molar-refractivity contribution in [2.75, 3.05) is 13.6 Å². The fourth-order valence-electron chi connectivity index (χ4n) is 4.49. The Morgan fingerprint density at radius 2 is 1.94 bits per heavy atom. The van der Waals surface area contributed by atoms with Gasteiger partial charge in [0.25, 0.3) is 0 Å². The van der Waals surface area contributed by atoms with E-state index < -0.39 is 18.2 Å². The first-order chi connectivity index (χ1) is 15.6. The van der Waals surface area contributed by atoms with Crippen molar-refractivity contribution in [1.82, 2.24) is 15.5 Å². The van der Waals surface area contributed by atoms with E-state index in [1.807, 2.05) is 32.9 Å². The summed E-state index contributed by atoms with van der Waals surface area (Å²) in [5.74, 6) is -0.375. The number of nitrogens with one attached hydrogen (secondary N) is 2. The predicted molar refractivity (Wildman–Crippen MR) is 135 cm³/mol. The number of β-amino-alcohol motifs (C(OH)–C–C–N with tert-alkyl or cyclic N) is 1. The standard InChI is InChI=1S/C26H37N3O3S/c1-17-8-6-7-13-33-22(17)19-11-9-18(10-12-19)15-28-24(31)21-14-20(30)16-29(21)25(32)23(27-5)26(2,3)4/h7,9-13,20-21,23,27,30H,6,8,14-16H2,1-5H3,(H,28,31)/t20-,21+,23+/m0/s1. The minimum absolute atomic E-state index is 0.148. The van der Waals surface area contributed by atoms with Crippen molar-refractivity contribution in [2.45, 2.75) is 71.7 Å². The van der Waals surface area contributed by atoms with Crippen molar-refractivity contribution in [1.29, 1.82) is 0 Å². The number of likely N-dealkylation sites (N-methyl/N-ethyl adjacent to an activating group) is 1. The molecule has 2 heterocycles. The maximum atomic E-state index is 13.2. The first kappa shape index (κ1) is 25.5. The minimum Gasteiger partial charge on any atom is -0.391 e. The van der Waals surface area contributed by atoms with Gasteiger partial charge in [0, 0.05) is 24.4 Å². The molecule has 1 fully saturated rings. The summed E-state index contributed by atoms with van der Waals surface area (Å²) in [6.07, 6.45) is 3.92. The molecule has 0 aromatic heterocycles. The highest BCUT2D eigenvalue weighted by molar-refractivity contribution is 8.11. The average Bonchev–Trinajstić information content (AvgIpc) is 3.03. The summed E-state index contributed by atoms with van der Waals surface area (Å²) in [5.41, 5.74) is 3.28. The van der Waals surface area contributed by atoms with Gasteiger partial charge in [0.1, 0.15) is 6.04 Å². The van der Waals surface area contributed by atoms with Gasteiger partial charge in [-0.25, -0.2) is 0 Å². The normalized spacial score (nSPS) is 22.3. The Kier molecular flexibility index (Phi) is 8.43. The van der Waals surface area contributed by atoms with E-state index in [1.54, 1.807) is 18.8 Å². The number of aliphatic hydroxyl groups excluding tert-OH is 1. The van der Waals surface area contributed by atoms with E-state index in [9.17, 15) is 14.7 Å². The molecule has 2 aliphatic heterocycles. The smallest absolute Gasteiger partial charge is 0.243 e. The second-order valence-corrected chi connectivity index (χ2v) is 11.0. The molecule has 7 heteroatoms. The summed E-state index contributed by atoms with van der Waals surface area (Å²) in [6, 6.07) is 7.18. The van der Waals surface area contributed by atoms with Crippen LogP contribution in [0.3, 0.4) is 0 Å². The van der Waals surface area contributed by atoms with E-state index in [0.29, 0.717) is 6.54 Å². The van der Waals surface area contributed by atoms with Crippen LogP contribution >= 0.6 is 11.8 Å². The van der Waals surface area contributed by atoms with Gasteiger partial charge in [-0.3, -0.25) is 9.59 Å². The molecule has 2 amide bonds. The van der Waals surface area contributed by atoms with Crippen LogP contribution in [0.25, 0.3) is 4.91 Å². The Hall–Kier alpha value is -2.09. The lowest BCUT2D eigenvalue weighted by molar-refractivity contribution is -0.142. The summed E-state index contributed by atoms with van der Waals surface area (Å²) < 4.78 is 0. The molecule has 0 saturated carbocycles. The van der Waals surface area contributed by atoms with E-state index in [0.717, 1.165) is 18.4 Å². The van der Waals surface area contributed by atoms with Crippen LogP contribution < -0.4 is 10.6 Å². The van der Waals surface area contributed by atoms with Crippen LogP contribution in [0.2, 0.25) is 0 Å². The fourth-order valence-corrected chi connectivity index (χ4v) is 5.44. The number of thioether (sulfide) groups is 1. The van der Waals surface area contributed by atoms with Crippen molar-refractivity contribution in [3.8, 4) is 0 Å². The summed E-state index contributed by atoms with van der Waals surface area (Å²) in [6.45, 7) is 8.70. The predicted octanol–water partition coefficient (Wildman–Crippen LogP) is 3.67. The van der Waals surface area contributed by atoms with E-state index in [-0.39, 0.29) is 30.2 Å². The lowest BCUT2D eigenvalue weighted by Gasteiger charge is -2.34. The molecule has 180 valence electrons. The molecule has 0 unspecified atom stereocenters. The van der Waals surface area contributed by atoms with Crippen molar-refractivity contribution < 1.29 is 14.7 Å². The number of nitrogens with zero attached hydrogens (tertiary/aromatic N) is 1. The number of carbonyl (C=O) groups is 2.